The van der Waals surface area contributed by atoms with Crippen molar-refractivity contribution in [3.63, 3.8) is 0 Å². The molecule has 108 valence electrons. The van der Waals surface area contributed by atoms with Gasteiger partial charge in [0.15, 0.2) is 0 Å². The Morgan fingerprint density at radius 2 is 1.90 bits per heavy atom. The number of thiophene rings is 1. The monoisotopic (exact) mass is 289 g/mol. The fraction of sp³-hybridized carbons (Fsp3) is 0.412. The number of rotatable bonds is 6. The van der Waals surface area contributed by atoms with Crippen molar-refractivity contribution in [1.29, 1.82) is 0 Å². The second kappa shape index (κ2) is 6.91. The van der Waals surface area contributed by atoms with Crippen molar-refractivity contribution >= 4 is 11.3 Å². The van der Waals surface area contributed by atoms with E-state index >= 15 is 0 Å². The third-order valence-corrected chi connectivity index (χ3v) is 4.43. The number of aryl methyl sites for hydroxylation is 2. The first-order valence-electron chi connectivity index (χ1n) is 6.95. The molecule has 2 aromatic rings. The summed E-state index contributed by atoms with van der Waals surface area (Å²) in [5.74, 6) is 1.01. The highest BCUT2D eigenvalue weighted by Crippen LogP contribution is 2.24. The Balaban J connectivity index is 1.95. The molecular formula is C17H23NOS. The van der Waals surface area contributed by atoms with Crippen LogP contribution in [0.1, 0.15) is 21.6 Å². The van der Waals surface area contributed by atoms with Gasteiger partial charge < -0.3 is 9.64 Å². The maximum atomic E-state index is 5.42. The predicted octanol–water partition coefficient (Wildman–Crippen LogP) is 4.05. The Hall–Kier alpha value is -1.32. The SMILES string of the molecule is COc1c(C)cc(CN(C)CCc2cccs2)cc1C. The molecule has 0 spiro atoms. The first-order valence-corrected chi connectivity index (χ1v) is 7.83. The maximum absolute atomic E-state index is 5.42. The number of nitrogens with zero attached hydrogens (tertiary/aromatic N) is 1. The Morgan fingerprint density at radius 1 is 1.20 bits per heavy atom. The third-order valence-electron chi connectivity index (χ3n) is 3.50. The maximum Gasteiger partial charge on any atom is 0.124 e. The zero-order valence-electron chi connectivity index (χ0n) is 12.8. The van der Waals surface area contributed by atoms with Crippen molar-refractivity contribution in [3.8, 4) is 5.75 Å². The summed E-state index contributed by atoms with van der Waals surface area (Å²) in [4.78, 5) is 3.83. The summed E-state index contributed by atoms with van der Waals surface area (Å²) in [6.07, 6.45) is 1.13. The highest BCUT2D eigenvalue weighted by molar-refractivity contribution is 7.09. The molecule has 1 aromatic heterocycles. The van der Waals surface area contributed by atoms with Crippen LogP contribution in [0, 0.1) is 13.8 Å². The molecule has 0 radical (unpaired) electrons. The molecule has 0 aliphatic carbocycles. The first kappa shape index (κ1) is 15.1. The molecule has 0 atom stereocenters. The summed E-state index contributed by atoms with van der Waals surface area (Å²) >= 11 is 1.84. The quantitative estimate of drug-likeness (QED) is 0.795. The van der Waals surface area contributed by atoms with Gasteiger partial charge in [-0.25, -0.2) is 0 Å². The Kier molecular flexibility index (Phi) is 5.21. The van der Waals surface area contributed by atoms with Crippen molar-refractivity contribution in [2.24, 2.45) is 0 Å². The largest absolute Gasteiger partial charge is 0.496 e. The minimum atomic E-state index is 0.983. The molecule has 2 rings (SSSR count). The molecule has 0 aliphatic rings. The zero-order valence-corrected chi connectivity index (χ0v) is 13.6. The number of hydrogen-bond donors (Lipinski definition) is 0. The molecule has 0 unspecified atom stereocenters. The van der Waals surface area contributed by atoms with Crippen LogP contribution in [0.4, 0.5) is 0 Å². The van der Waals surface area contributed by atoms with E-state index in [9.17, 15) is 0 Å². The molecule has 3 heteroatoms. The molecule has 0 bridgehead atoms. The van der Waals surface area contributed by atoms with Gasteiger partial charge >= 0.3 is 0 Å². The second-order valence-electron chi connectivity index (χ2n) is 5.33. The fourth-order valence-corrected chi connectivity index (χ4v) is 3.30. The Morgan fingerprint density at radius 3 is 2.45 bits per heavy atom. The third kappa shape index (κ3) is 3.84. The van der Waals surface area contributed by atoms with Gasteiger partial charge in [0.2, 0.25) is 0 Å². The number of ether oxygens (including phenoxy) is 1. The van der Waals surface area contributed by atoms with Crippen LogP contribution >= 0.6 is 11.3 Å². The van der Waals surface area contributed by atoms with Crippen molar-refractivity contribution in [3.05, 3.63) is 51.2 Å². The van der Waals surface area contributed by atoms with E-state index in [-0.39, 0.29) is 0 Å². The molecule has 0 saturated heterocycles. The van der Waals surface area contributed by atoms with Crippen molar-refractivity contribution < 1.29 is 4.74 Å². The van der Waals surface area contributed by atoms with Crippen molar-refractivity contribution in [1.82, 2.24) is 4.90 Å². The summed E-state index contributed by atoms with van der Waals surface area (Å²) in [7, 11) is 3.92. The average molecular weight is 289 g/mol. The lowest BCUT2D eigenvalue weighted by atomic mass is 10.1. The van der Waals surface area contributed by atoms with Crippen LogP contribution in [0.3, 0.4) is 0 Å². The van der Waals surface area contributed by atoms with Crippen LogP contribution in [0.5, 0.6) is 5.75 Å². The smallest absolute Gasteiger partial charge is 0.124 e. The minimum Gasteiger partial charge on any atom is -0.496 e. The van der Waals surface area contributed by atoms with Gasteiger partial charge in [-0.1, -0.05) is 18.2 Å². The molecule has 1 aromatic carbocycles. The number of likely N-dealkylation sites (N-methyl/N-ethyl adjacent to an activating group) is 1. The van der Waals surface area contributed by atoms with Gasteiger partial charge in [-0.2, -0.15) is 0 Å². The van der Waals surface area contributed by atoms with Crippen LogP contribution < -0.4 is 4.74 Å². The highest BCUT2D eigenvalue weighted by Gasteiger charge is 2.07. The molecular weight excluding hydrogens is 266 g/mol. The van der Waals surface area contributed by atoms with E-state index in [0.717, 1.165) is 25.3 Å². The lowest BCUT2D eigenvalue weighted by Crippen LogP contribution is -2.20. The second-order valence-corrected chi connectivity index (χ2v) is 6.36. The van der Waals surface area contributed by atoms with E-state index in [1.165, 1.54) is 21.6 Å². The van der Waals surface area contributed by atoms with E-state index < -0.39 is 0 Å². The van der Waals surface area contributed by atoms with E-state index in [1.807, 2.05) is 11.3 Å². The van der Waals surface area contributed by atoms with E-state index in [0.29, 0.717) is 0 Å². The zero-order chi connectivity index (χ0) is 14.5. The summed E-state index contributed by atoms with van der Waals surface area (Å²) in [6, 6.07) is 8.79. The minimum absolute atomic E-state index is 0.983. The van der Waals surface area contributed by atoms with E-state index in [4.69, 9.17) is 4.74 Å². The van der Waals surface area contributed by atoms with Crippen LogP contribution in [0.15, 0.2) is 29.6 Å². The fourth-order valence-electron chi connectivity index (χ4n) is 2.60. The van der Waals surface area contributed by atoms with Gasteiger partial charge in [-0.05, 0) is 55.5 Å². The predicted molar refractivity (Wildman–Crippen MR) is 86.8 cm³/mol. The summed E-state index contributed by atoms with van der Waals surface area (Å²) < 4.78 is 5.42. The van der Waals surface area contributed by atoms with Gasteiger partial charge in [0.25, 0.3) is 0 Å². The Bertz CT molecular complexity index is 525. The van der Waals surface area contributed by atoms with Gasteiger partial charge in [0.1, 0.15) is 5.75 Å². The number of hydrogen-bond acceptors (Lipinski definition) is 3. The van der Waals surface area contributed by atoms with Crippen LogP contribution in [0.25, 0.3) is 0 Å². The Labute approximate surface area is 126 Å². The normalized spacial score (nSPS) is 11.1. The van der Waals surface area contributed by atoms with Crippen molar-refractivity contribution in [2.75, 3.05) is 20.7 Å². The molecule has 0 aliphatic heterocycles. The van der Waals surface area contributed by atoms with Gasteiger partial charge in [0, 0.05) is 18.0 Å². The molecule has 20 heavy (non-hydrogen) atoms. The van der Waals surface area contributed by atoms with Crippen LogP contribution in [0.2, 0.25) is 0 Å². The van der Waals surface area contributed by atoms with Gasteiger partial charge in [-0.15, -0.1) is 11.3 Å². The highest BCUT2D eigenvalue weighted by atomic mass is 32.1. The molecule has 1 heterocycles. The van der Waals surface area contributed by atoms with Crippen molar-refractivity contribution in [2.45, 2.75) is 26.8 Å². The molecule has 0 amide bonds. The summed E-state index contributed by atoms with van der Waals surface area (Å²) in [6.45, 7) is 6.30. The average Bonchev–Trinajstić information content (AvgIpc) is 2.89. The molecule has 0 saturated carbocycles. The van der Waals surface area contributed by atoms with Crippen LogP contribution in [-0.2, 0) is 13.0 Å². The number of benzene rings is 1. The molecule has 0 N–H and O–H groups in total. The topological polar surface area (TPSA) is 12.5 Å². The molecule has 0 fully saturated rings. The van der Waals surface area contributed by atoms with Gasteiger partial charge in [-0.3, -0.25) is 0 Å². The first-order chi connectivity index (χ1) is 9.60. The summed E-state index contributed by atoms with van der Waals surface area (Å²) in [5, 5.41) is 2.14. The summed E-state index contributed by atoms with van der Waals surface area (Å²) in [5.41, 5.74) is 3.79. The lowest BCUT2D eigenvalue weighted by molar-refractivity contribution is 0.331. The van der Waals surface area contributed by atoms with E-state index in [1.54, 1.807) is 7.11 Å². The van der Waals surface area contributed by atoms with Crippen LogP contribution in [-0.4, -0.2) is 25.6 Å². The standard InChI is InChI=1S/C17H23NOS/c1-13-10-15(11-14(2)17(13)19-4)12-18(3)8-7-16-6-5-9-20-16/h5-6,9-11H,7-8,12H2,1-4H3. The van der Waals surface area contributed by atoms with Gasteiger partial charge in [0.05, 0.1) is 7.11 Å². The molecule has 2 nitrogen and oxygen atoms in total. The lowest BCUT2D eigenvalue weighted by Gasteiger charge is -2.18. The number of methoxy groups -OCH3 is 1. The van der Waals surface area contributed by atoms with E-state index in [2.05, 4.69) is 55.4 Å².